The predicted molar refractivity (Wildman–Crippen MR) is 204 cm³/mol. The number of allylic oxidation sites excluding steroid dienone is 4. The fourth-order valence-corrected chi connectivity index (χ4v) is 7.97. The van der Waals surface area contributed by atoms with Gasteiger partial charge in [0.05, 0.1) is 0 Å². The Morgan fingerprint density at radius 3 is 1.74 bits per heavy atom. The zero-order chi connectivity index (χ0) is 31.9. The molecule has 0 bridgehead atoms. The monoisotopic (exact) mass is 604 g/mol. The summed E-state index contributed by atoms with van der Waals surface area (Å²) in [5.74, 6) is 1.35. The molecule has 0 spiro atoms. The van der Waals surface area contributed by atoms with Crippen LogP contribution in [0.25, 0.3) is 60.1 Å². The molecule has 7 aromatic rings. The average molecular weight is 605 g/mol. The van der Waals surface area contributed by atoms with E-state index in [4.69, 9.17) is 0 Å². The van der Waals surface area contributed by atoms with E-state index in [1.165, 1.54) is 76.8 Å². The number of fused-ring (bicyclic) bond motifs is 3. The van der Waals surface area contributed by atoms with E-state index in [1.54, 1.807) is 0 Å². The fraction of sp³-hybridized carbons (Fsp3) is 0.149. The highest BCUT2D eigenvalue weighted by Crippen LogP contribution is 2.46. The molecule has 0 heteroatoms. The summed E-state index contributed by atoms with van der Waals surface area (Å²) in [6, 6.07) is 51.8. The molecule has 1 aliphatic rings. The lowest BCUT2D eigenvalue weighted by molar-refractivity contribution is 0.561. The second-order valence-corrected chi connectivity index (χ2v) is 13.3. The third-order valence-electron chi connectivity index (χ3n) is 10.3. The van der Waals surface area contributed by atoms with Crippen molar-refractivity contribution < 1.29 is 0 Å². The molecular formula is C47H40. The molecule has 0 aliphatic heterocycles. The SMILES string of the molecule is CCC1C=C(c2cccc(-c3c4ccccc4c(-c4ccc(C(C)C)c5ccccc45)c4ccccc34)c2)C=CC1c1ccccc1. The Morgan fingerprint density at radius 1 is 0.532 bits per heavy atom. The van der Waals surface area contributed by atoms with Crippen molar-refractivity contribution in [2.24, 2.45) is 5.92 Å². The van der Waals surface area contributed by atoms with Crippen LogP contribution in [0.15, 0.2) is 158 Å². The minimum absolute atomic E-state index is 0.416. The van der Waals surface area contributed by atoms with Crippen LogP contribution in [-0.2, 0) is 0 Å². The first-order valence-corrected chi connectivity index (χ1v) is 17.1. The second-order valence-electron chi connectivity index (χ2n) is 13.3. The Labute approximate surface area is 278 Å². The zero-order valence-corrected chi connectivity index (χ0v) is 27.5. The van der Waals surface area contributed by atoms with Crippen molar-refractivity contribution in [2.75, 3.05) is 0 Å². The van der Waals surface area contributed by atoms with Crippen LogP contribution in [0.4, 0.5) is 0 Å². The molecule has 1 aliphatic carbocycles. The number of rotatable bonds is 6. The van der Waals surface area contributed by atoms with E-state index in [9.17, 15) is 0 Å². The summed E-state index contributed by atoms with van der Waals surface area (Å²) in [7, 11) is 0. The topological polar surface area (TPSA) is 0 Å². The standard InChI is InChI=1S/C47H40/c1-4-32-29-35(25-26-38(32)33-15-6-5-7-16-33)34-17-14-18-36(30-34)46-41-21-10-12-23-43(41)47(44-24-13-11-22-42(44)46)45-28-27-37(31(2)3)39-19-8-9-20-40(39)45/h5-32,38H,4H2,1-3H3. The molecule has 228 valence electrons. The number of benzene rings is 7. The first-order valence-electron chi connectivity index (χ1n) is 17.1. The van der Waals surface area contributed by atoms with Crippen LogP contribution >= 0.6 is 0 Å². The molecule has 7 aromatic carbocycles. The van der Waals surface area contributed by atoms with Crippen LogP contribution in [0.5, 0.6) is 0 Å². The summed E-state index contributed by atoms with van der Waals surface area (Å²) in [6.45, 7) is 6.89. The molecule has 0 saturated carbocycles. The zero-order valence-electron chi connectivity index (χ0n) is 27.5. The normalized spacial score (nSPS) is 16.3. The molecule has 2 unspecified atom stereocenters. The maximum absolute atomic E-state index is 2.50. The van der Waals surface area contributed by atoms with E-state index >= 15 is 0 Å². The Morgan fingerprint density at radius 2 is 1.11 bits per heavy atom. The molecule has 0 radical (unpaired) electrons. The summed E-state index contributed by atoms with van der Waals surface area (Å²) in [4.78, 5) is 0. The van der Waals surface area contributed by atoms with Gasteiger partial charge in [0.2, 0.25) is 0 Å². The van der Waals surface area contributed by atoms with Crippen molar-refractivity contribution in [3.05, 3.63) is 174 Å². The minimum Gasteiger partial charge on any atom is -0.0758 e. The van der Waals surface area contributed by atoms with E-state index in [0.29, 0.717) is 17.8 Å². The van der Waals surface area contributed by atoms with Gasteiger partial charge in [-0.15, -0.1) is 0 Å². The summed E-state index contributed by atoms with van der Waals surface area (Å²) >= 11 is 0. The summed E-state index contributed by atoms with van der Waals surface area (Å²) < 4.78 is 0. The maximum atomic E-state index is 2.50. The van der Waals surface area contributed by atoms with Gasteiger partial charge in [0.25, 0.3) is 0 Å². The van der Waals surface area contributed by atoms with E-state index in [1.807, 2.05) is 0 Å². The van der Waals surface area contributed by atoms with Crippen molar-refractivity contribution in [3.63, 3.8) is 0 Å². The third kappa shape index (κ3) is 5.09. The Bertz CT molecular complexity index is 2260. The van der Waals surface area contributed by atoms with Crippen LogP contribution < -0.4 is 0 Å². The minimum atomic E-state index is 0.416. The van der Waals surface area contributed by atoms with Gasteiger partial charge in [-0.2, -0.15) is 0 Å². The maximum Gasteiger partial charge on any atom is 0.00843 e. The molecule has 0 aromatic heterocycles. The smallest absolute Gasteiger partial charge is 0.00843 e. The van der Waals surface area contributed by atoms with Gasteiger partial charge in [-0.3, -0.25) is 0 Å². The fourth-order valence-electron chi connectivity index (χ4n) is 7.97. The van der Waals surface area contributed by atoms with Gasteiger partial charge in [0.1, 0.15) is 0 Å². The Hall–Kier alpha value is -5.20. The summed E-state index contributed by atoms with van der Waals surface area (Å²) in [5, 5.41) is 7.83. The Balaban J connectivity index is 1.32. The average Bonchev–Trinajstić information content (AvgIpc) is 3.13. The highest BCUT2D eigenvalue weighted by atomic mass is 14.3. The molecule has 8 rings (SSSR count). The summed E-state index contributed by atoms with van der Waals surface area (Å²) in [5.41, 5.74) is 10.6. The molecule has 2 atom stereocenters. The van der Waals surface area contributed by atoms with Gasteiger partial charge >= 0.3 is 0 Å². The molecule has 0 heterocycles. The molecule has 0 amide bonds. The van der Waals surface area contributed by atoms with Crippen molar-refractivity contribution in [1.82, 2.24) is 0 Å². The number of hydrogen-bond donors (Lipinski definition) is 0. The van der Waals surface area contributed by atoms with E-state index in [-0.39, 0.29) is 0 Å². The van der Waals surface area contributed by atoms with Crippen LogP contribution in [0.1, 0.15) is 55.7 Å². The molecular weight excluding hydrogens is 565 g/mol. The lowest BCUT2D eigenvalue weighted by Crippen LogP contribution is -2.11. The highest BCUT2D eigenvalue weighted by molar-refractivity contribution is 6.23. The van der Waals surface area contributed by atoms with Gasteiger partial charge < -0.3 is 0 Å². The quantitative estimate of drug-likeness (QED) is 0.166. The second kappa shape index (κ2) is 12.2. The first-order chi connectivity index (χ1) is 23.1. The van der Waals surface area contributed by atoms with Crippen LogP contribution in [0, 0.1) is 5.92 Å². The predicted octanol–water partition coefficient (Wildman–Crippen LogP) is 13.4. The van der Waals surface area contributed by atoms with Gasteiger partial charge in [0.15, 0.2) is 0 Å². The van der Waals surface area contributed by atoms with E-state index in [0.717, 1.165) is 6.42 Å². The first kappa shape index (κ1) is 29.2. The van der Waals surface area contributed by atoms with E-state index < -0.39 is 0 Å². The number of hydrogen-bond acceptors (Lipinski definition) is 0. The summed E-state index contributed by atoms with van der Waals surface area (Å²) in [6.07, 6.45) is 8.37. The van der Waals surface area contributed by atoms with Crippen LogP contribution in [0.3, 0.4) is 0 Å². The van der Waals surface area contributed by atoms with Gasteiger partial charge in [-0.05, 0) is 101 Å². The Kier molecular flexibility index (Phi) is 7.58. The van der Waals surface area contributed by atoms with Gasteiger partial charge in [-0.1, -0.05) is 172 Å². The largest absolute Gasteiger partial charge is 0.0758 e. The van der Waals surface area contributed by atoms with Gasteiger partial charge in [-0.25, -0.2) is 0 Å². The van der Waals surface area contributed by atoms with Crippen LogP contribution in [-0.4, -0.2) is 0 Å². The molecule has 0 nitrogen and oxygen atoms in total. The third-order valence-corrected chi connectivity index (χ3v) is 10.3. The molecule has 0 saturated heterocycles. The van der Waals surface area contributed by atoms with Crippen molar-refractivity contribution in [3.8, 4) is 22.3 Å². The van der Waals surface area contributed by atoms with Gasteiger partial charge in [0, 0.05) is 5.92 Å². The highest BCUT2D eigenvalue weighted by Gasteiger charge is 2.23. The van der Waals surface area contributed by atoms with Crippen molar-refractivity contribution >= 4 is 37.9 Å². The lowest BCUT2D eigenvalue weighted by Gasteiger charge is -2.26. The molecule has 0 N–H and O–H groups in total. The van der Waals surface area contributed by atoms with Crippen molar-refractivity contribution in [2.45, 2.75) is 39.0 Å². The lowest BCUT2D eigenvalue weighted by atomic mass is 9.78. The molecule has 0 fully saturated rings. The van der Waals surface area contributed by atoms with Crippen LogP contribution in [0.2, 0.25) is 0 Å². The molecule has 47 heavy (non-hydrogen) atoms. The van der Waals surface area contributed by atoms with E-state index in [2.05, 4.69) is 179 Å². The van der Waals surface area contributed by atoms with Crippen molar-refractivity contribution in [1.29, 1.82) is 0 Å².